The number of hydrogen-bond donors (Lipinski definition) is 0. The van der Waals surface area contributed by atoms with E-state index in [-0.39, 0.29) is 0 Å². The van der Waals surface area contributed by atoms with Crippen LogP contribution in [0, 0.1) is 0 Å². The van der Waals surface area contributed by atoms with Crippen molar-refractivity contribution < 1.29 is 0 Å². The van der Waals surface area contributed by atoms with E-state index in [1.807, 2.05) is 24.3 Å². The first-order valence-electron chi connectivity index (χ1n) is 7.64. The fourth-order valence-corrected chi connectivity index (χ4v) is 4.21. The molecule has 0 fully saturated rings. The van der Waals surface area contributed by atoms with Crippen LogP contribution in [0.1, 0.15) is 24.0 Å². The molecule has 0 saturated carbocycles. The fraction of sp³-hybridized carbons (Fsp3) is 0.211. The van der Waals surface area contributed by atoms with Crippen molar-refractivity contribution in [1.82, 2.24) is 4.98 Å². The topological polar surface area (TPSA) is 12.9 Å². The van der Waals surface area contributed by atoms with Crippen LogP contribution in [-0.4, -0.2) is 4.98 Å². The van der Waals surface area contributed by atoms with Crippen molar-refractivity contribution in [1.29, 1.82) is 0 Å². The van der Waals surface area contributed by atoms with Gasteiger partial charge in [-0.2, -0.15) is 0 Å². The van der Waals surface area contributed by atoms with Crippen LogP contribution in [0.2, 0.25) is 5.02 Å². The molecule has 22 heavy (non-hydrogen) atoms. The van der Waals surface area contributed by atoms with Crippen molar-refractivity contribution in [2.75, 3.05) is 0 Å². The fourth-order valence-electron chi connectivity index (χ4n) is 3.06. The Hall–Kier alpha value is -1.64. The number of aromatic nitrogens is 1. The molecule has 0 bridgehead atoms. The number of fused-ring (bicyclic) bond motifs is 1. The van der Waals surface area contributed by atoms with E-state index in [2.05, 4.69) is 23.6 Å². The molecule has 1 nitrogen and oxygen atoms in total. The molecule has 1 aliphatic carbocycles. The van der Waals surface area contributed by atoms with Crippen LogP contribution in [-0.2, 0) is 12.8 Å². The highest BCUT2D eigenvalue weighted by molar-refractivity contribution is 7.13. The molecule has 0 spiro atoms. The second-order valence-electron chi connectivity index (χ2n) is 5.71. The molecular formula is C19H16ClNS. The van der Waals surface area contributed by atoms with Crippen LogP contribution < -0.4 is 0 Å². The van der Waals surface area contributed by atoms with Crippen molar-refractivity contribution in [2.45, 2.75) is 25.7 Å². The van der Waals surface area contributed by atoms with Gasteiger partial charge in [0.2, 0.25) is 0 Å². The number of halogens is 1. The van der Waals surface area contributed by atoms with Crippen LogP contribution in [0.25, 0.3) is 21.8 Å². The lowest BCUT2D eigenvalue weighted by molar-refractivity contribution is 0.686. The van der Waals surface area contributed by atoms with E-state index in [0.717, 1.165) is 21.3 Å². The quantitative estimate of drug-likeness (QED) is 0.562. The van der Waals surface area contributed by atoms with Gasteiger partial charge in [-0.3, -0.25) is 0 Å². The molecule has 0 saturated heterocycles. The first kappa shape index (κ1) is 14.0. The van der Waals surface area contributed by atoms with E-state index in [1.54, 1.807) is 11.3 Å². The average Bonchev–Trinajstić information content (AvgIpc) is 3.04. The molecule has 0 aliphatic heterocycles. The lowest BCUT2D eigenvalue weighted by Crippen LogP contribution is -2.02. The summed E-state index contributed by atoms with van der Waals surface area (Å²) in [5.41, 5.74) is 6.29. The molecule has 0 unspecified atom stereocenters. The highest BCUT2D eigenvalue weighted by Gasteiger charge is 2.13. The molecule has 0 N–H and O–H groups in total. The highest BCUT2D eigenvalue weighted by Crippen LogP contribution is 2.34. The summed E-state index contributed by atoms with van der Waals surface area (Å²) in [4.78, 5) is 4.79. The van der Waals surface area contributed by atoms with Crippen molar-refractivity contribution >= 4 is 22.9 Å². The zero-order valence-corrected chi connectivity index (χ0v) is 13.8. The van der Waals surface area contributed by atoms with Crippen LogP contribution in [0.3, 0.4) is 0 Å². The molecule has 110 valence electrons. The second kappa shape index (κ2) is 5.86. The first-order chi connectivity index (χ1) is 10.8. The average molecular weight is 326 g/mol. The van der Waals surface area contributed by atoms with Crippen LogP contribution in [0.4, 0.5) is 0 Å². The molecule has 2 aromatic carbocycles. The SMILES string of the molecule is Clc1ccccc1-c1nc(-c2ccc3c(c2)CCCC3)cs1. The normalized spacial score (nSPS) is 13.9. The number of rotatable bonds is 2. The van der Waals surface area contributed by atoms with Crippen molar-refractivity contribution in [3.8, 4) is 21.8 Å². The minimum atomic E-state index is 0.758. The summed E-state index contributed by atoms with van der Waals surface area (Å²) >= 11 is 7.93. The largest absolute Gasteiger partial charge is 0.236 e. The zero-order valence-electron chi connectivity index (χ0n) is 12.2. The number of aryl methyl sites for hydroxylation is 2. The minimum absolute atomic E-state index is 0.758. The Labute approximate surface area is 139 Å². The predicted molar refractivity (Wildman–Crippen MR) is 94.6 cm³/mol. The van der Waals surface area contributed by atoms with Crippen molar-refractivity contribution in [2.24, 2.45) is 0 Å². The lowest BCUT2D eigenvalue weighted by Gasteiger charge is -2.16. The number of nitrogens with zero attached hydrogens (tertiary/aromatic N) is 1. The smallest absolute Gasteiger partial charge is 0.125 e. The molecule has 3 aromatic rings. The van der Waals surface area contributed by atoms with E-state index in [0.29, 0.717) is 0 Å². The molecule has 1 aromatic heterocycles. The summed E-state index contributed by atoms with van der Waals surface area (Å²) in [6.07, 6.45) is 5.04. The highest BCUT2D eigenvalue weighted by atomic mass is 35.5. The summed E-state index contributed by atoms with van der Waals surface area (Å²) in [6.45, 7) is 0. The Bertz CT molecular complexity index is 822. The van der Waals surface area contributed by atoms with Gasteiger partial charge in [-0.25, -0.2) is 4.98 Å². The number of thiazole rings is 1. The maximum absolute atomic E-state index is 6.28. The third-order valence-electron chi connectivity index (χ3n) is 4.25. The minimum Gasteiger partial charge on any atom is -0.236 e. The zero-order chi connectivity index (χ0) is 14.9. The Morgan fingerprint density at radius 2 is 1.77 bits per heavy atom. The van der Waals surface area contributed by atoms with Crippen LogP contribution >= 0.6 is 22.9 Å². The predicted octanol–water partition coefficient (Wildman–Crippen LogP) is 6.01. The molecule has 0 amide bonds. The molecule has 1 aliphatic rings. The Balaban J connectivity index is 1.71. The third kappa shape index (κ3) is 2.57. The standard InChI is InChI=1S/C19H16ClNS/c20-17-8-4-3-7-16(17)19-21-18(12-22-19)15-10-9-13-5-1-2-6-14(13)11-15/h3-4,7-12H,1-2,5-6H2. The Morgan fingerprint density at radius 3 is 2.64 bits per heavy atom. The van der Waals surface area contributed by atoms with E-state index >= 15 is 0 Å². The van der Waals surface area contributed by atoms with E-state index in [9.17, 15) is 0 Å². The molecular weight excluding hydrogens is 310 g/mol. The van der Waals surface area contributed by atoms with Crippen LogP contribution in [0.15, 0.2) is 47.8 Å². The summed E-state index contributed by atoms with van der Waals surface area (Å²) < 4.78 is 0. The lowest BCUT2D eigenvalue weighted by atomic mass is 9.90. The monoisotopic (exact) mass is 325 g/mol. The van der Waals surface area contributed by atoms with Gasteiger partial charge in [0.25, 0.3) is 0 Å². The Morgan fingerprint density at radius 1 is 0.955 bits per heavy atom. The van der Waals surface area contributed by atoms with Crippen LogP contribution in [0.5, 0.6) is 0 Å². The molecule has 0 radical (unpaired) electrons. The van der Waals surface area contributed by atoms with E-state index in [1.165, 1.54) is 42.4 Å². The molecule has 0 atom stereocenters. The summed E-state index contributed by atoms with van der Waals surface area (Å²) in [6, 6.07) is 14.7. The summed E-state index contributed by atoms with van der Waals surface area (Å²) in [5, 5.41) is 3.87. The van der Waals surface area contributed by atoms with Gasteiger partial charge in [-0.1, -0.05) is 41.9 Å². The van der Waals surface area contributed by atoms with Gasteiger partial charge in [0.15, 0.2) is 0 Å². The summed E-state index contributed by atoms with van der Waals surface area (Å²) in [7, 11) is 0. The van der Waals surface area contributed by atoms with Crippen molar-refractivity contribution in [3.05, 3.63) is 64.0 Å². The van der Waals surface area contributed by atoms with Crippen molar-refractivity contribution in [3.63, 3.8) is 0 Å². The van der Waals surface area contributed by atoms with Gasteiger partial charge in [0.1, 0.15) is 5.01 Å². The number of benzene rings is 2. The Kier molecular flexibility index (Phi) is 3.73. The third-order valence-corrected chi connectivity index (χ3v) is 5.46. The van der Waals surface area contributed by atoms with E-state index in [4.69, 9.17) is 16.6 Å². The van der Waals surface area contributed by atoms with Gasteiger partial charge in [0.05, 0.1) is 10.7 Å². The maximum atomic E-state index is 6.28. The first-order valence-corrected chi connectivity index (χ1v) is 8.89. The maximum Gasteiger partial charge on any atom is 0.125 e. The van der Waals surface area contributed by atoms with Gasteiger partial charge in [-0.15, -0.1) is 11.3 Å². The molecule has 3 heteroatoms. The molecule has 1 heterocycles. The second-order valence-corrected chi connectivity index (χ2v) is 6.97. The molecule has 4 rings (SSSR count). The van der Waals surface area contributed by atoms with Gasteiger partial charge >= 0.3 is 0 Å². The van der Waals surface area contributed by atoms with Gasteiger partial charge < -0.3 is 0 Å². The number of hydrogen-bond acceptors (Lipinski definition) is 2. The van der Waals surface area contributed by atoms with Gasteiger partial charge in [0, 0.05) is 16.5 Å². The summed E-state index contributed by atoms with van der Waals surface area (Å²) in [5.74, 6) is 0. The van der Waals surface area contributed by atoms with E-state index < -0.39 is 0 Å². The van der Waals surface area contributed by atoms with Gasteiger partial charge in [-0.05, 0) is 48.9 Å².